The third kappa shape index (κ3) is 3.13. The molecule has 2 aromatic rings. The van der Waals surface area contributed by atoms with Gasteiger partial charge in [-0.15, -0.1) is 0 Å². The summed E-state index contributed by atoms with van der Waals surface area (Å²) in [6.45, 7) is 1.25. The van der Waals surface area contributed by atoms with Crippen LogP contribution >= 0.6 is 23.2 Å². The molecular formula is C18H14Cl2N2O3. The van der Waals surface area contributed by atoms with Crippen molar-refractivity contribution in [1.29, 1.82) is 0 Å². The van der Waals surface area contributed by atoms with Gasteiger partial charge in [-0.2, -0.15) is 0 Å². The second kappa shape index (κ2) is 6.50. The predicted octanol–water partition coefficient (Wildman–Crippen LogP) is 3.64. The summed E-state index contributed by atoms with van der Waals surface area (Å²) in [6.07, 6.45) is 0. The number of imide groups is 1. The molecule has 128 valence electrons. The summed E-state index contributed by atoms with van der Waals surface area (Å²) >= 11 is 11.7. The molecule has 7 heteroatoms. The van der Waals surface area contributed by atoms with Gasteiger partial charge in [0.15, 0.2) is 5.78 Å². The van der Waals surface area contributed by atoms with Gasteiger partial charge in [0.05, 0.1) is 16.6 Å². The number of ketones is 1. The predicted molar refractivity (Wildman–Crippen MR) is 94.8 cm³/mol. The number of halogens is 2. The zero-order valence-corrected chi connectivity index (χ0v) is 14.8. The van der Waals surface area contributed by atoms with E-state index in [-0.39, 0.29) is 17.1 Å². The average molecular weight is 377 g/mol. The van der Waals surface area contributed by atoms with Crippen LogP contribution in [0.2, 0.25) is 10.0 Å². The van der Waals surface area contributed by atoms with Gasteiger partial charge in [-0.25, -0.2) is 4.79 Å². The largest absolute Gasteiger partial charge is 0.325 e. The van der Waals surface area contributed by atoms with Crippen LogP contribution in [0.15, 0.2) is 48.5 Å². The van der Waals surface area contributed by atoms with Crippen molar-refractivity contribution in [3.8, 4) is 0 Å². The Kier molecular flexibility index (Phi) is 4.54. The van der Waals surface area contributed by atoms with Crippen LogP contribution in [0.5, 0.6) is 0 Å². The smallest absolute Gasteiger partial charge is 0.319 e. The van der Waals surface area contributed by atoms with Gasteiger partial charge in [0.2, 0.25) is 0 Å². The van der Waals surface area contributed by atoms with E-state index in [2.05, 4.69) is 5.32 Å². The summed E-state index contributed by atoms with van der Waals surface area (Å²) in [4.78, 5) is 38.4. The lowest BCUT2D eigenvalue weighted by Gasteiger charge is -2.22. The van der Waals surface area contributed by atoms with Gasteiger partial charge in [-0.05, 0) is 30.7 Å². The van der Waals surface area contributed by atoms with Crippen LogP contribution in [0.4, 0.5) is 4.79 Å². The Morgan fingerprint density at radius 1 is 1.08 bits per heavy atom. The number of nitrogens with zero attached hydrogens (tertiary/aromatic N) is 1. The molecule has 1 aliphatic rings. The number of hydrogen-bond acceptors (Lipinski definition) is 3. The molecule has 1 N–H and O–H groups in total. The highest BCUT2D eigenvalue weighted by atomic mass is 35.5. The van der Waals surface area contributed by atoms with E-state index in [1.807, 2.05) is 6.07 Å². The molecule has 0 aliphatic carbocycles. The quantitative estimate of drug-likeness (QED) is 0.654. The fraction of sp³-hybridized carbons (Fsp3) is 0.167. The van der Waals surface area contributed by atoms with Crippen molar-refractivity contribution in [1.82, 2.24) is 10.2 Å². The molecular weight excluding hydrogens is 363 g/mol. The first-order chi connectivity index (χ1) is 11.8. The normalized spacial score (nSPS) is 19.9. The maximum Gasteiger partial charge on any atom is 0.325 e. The molecule has 0 bridgehead atoms. The van der Waals surface area contributed by atoms with Crippen LogP contribution < -0.4 is 5.32 Å². The number of rotatable bonds is 4. The lowest BCUT2D eigenvalue weighted by atomic mass is 9.92. The molecule has 0 saturated carbocycles. The van der Waals surface area contributed by atoms with E-state index >= 15 is 0 Å². The molecule has 1 atom stereocenters. The Morgan fingerprint density at radius 2 is 1.76 bits per heavy atom. The molecule has 25 heavy (non-hydrogen) atoms. The summed E-state index contributed by atoms with van der Waals surface area (Å²) in [5.74, 6) is -0.878. The van der Waals surface area contributed by atoms with Gasteiger partial charge in [-0.3, -0.25) is 14.5 Å². The maximum atomic E-state index is 12.8. The van der Waals surface area contributed by atoms with Crippen molar-refractivity contribution in [3.63, 3.8) is 0 Å². The van der Waals surface area contributed by atoms with E-state index in [1.165, 1.54) is 18.2 Å². The number of amides is 3. The summed E-state index contributed by atoms with van der Waals surface area (Å²) in [5, 5.41) is 3.22. The molecule has 3 amide bonds. The van der Waals surface area contributed by atoms with Crippen LogP contribution in [0.3, 0.4) is 0 Å². The molecule has 1 aliphatic heterocycles. The third-order valence-electron chi connectivity index (χ3n) is 4.17. The van der Waals surface area contributed by atoms with Crippen LogP contribution in [0.25, 0.3) is 0 Å². The lowest BCUT2D eigenvalue weighted by molar-refractivity contribution is -0.130. The summed E-state index contributed by atoms with van der Waals surface area (Å²) < 4.78 is 0. The number of nitrogens with one attached hydrogen (secondary N) is 1. The summed E-state index contributed by atoms with van der Waals surface area (Å²) in [7, 11) is 0. The van der Waals surface area contributed by atoms with E-state index in [1.54, 1.807) is 31.2 Å². The number of carbonyl (C=O) groups excluding carboxylic acids is 3. The van der Waals surface area contributed by atoms with E-state index in [0.717, 1.165) is 4.90 Å². The molecule has 3 rings (SSSR count). The molecule has 1 unspecified atom stereocenters. The van der Waals surface area contributed by atoms with Crippen molar-refractivity contribution in [2.24, 2.45) is 0 Å². The third-order valence-corrected chi connectivity index (χ3v) is 4.91. The topological polar surface area (TPSA) is 66.5 Å². The number of Topliss-reactive ketones (excluding diaryl/α,β-unsaturated/α-hetero) is 1. The number of urea groups is 1. The molecule has 1 saturated heterocycles. The van der Waals surface area contributed by atoms with Gasteiger partial charge in [0.1, 0.15) is 5.54 Å². The Balaban J connectivity index is 1.83. The van der Waals surface area contributed by atoms with Gasteiger partial charge in [0, 0.05) is 5.56 Å². The van der Waals surface area contributed by atoms with Crippen molar-refractivity contribution >= 4 is 40.9 Å². The minimum atomic E-state index is -1.20. The average Bonchev–Trinajstić information content (AvgIpc) is 2.82. The fourth-order valence-corrected chi connectivity index (χ4v) is 3.01. The van der Waals surface area contributed by atoms with Crippen molar-refractivity contribution in [2.45, 2.75) is 12.5 Å². The summed E-state index contributed by atoms with van der Waals surface area (Å²) in [6, 6.07) is 12.7. The molecule has 1 fully saturated rings. The summed E-state index contributed by atoms with van der Waals surface area (Å²) in [5.41, 5.74) is -0.267. The lowest BCUT2D eigenvalue weighted by Crippen LogP contribution is -2.41. The minimum Gasteiger partial charge on any atom is -0.319 e. The molecule has 5 nitrogen and oxygen atoms in total. The van der Waals surface area contributed by atoms with E-state index < -0.39 is 23.3 Å². The van der Waals surface area contributed by atoms with E-state index in [4.69, 9.17) is 23.2 Å². The first-order valence-corrected chi connectivity index (χ1v) is 8.26. The number of carbonyl (C=O) groups is 3. The van der Waals surface area contributed by atoms with Crippen molar-refractivity contribution < 1.29 is 14.4 Å². The fourth-order valence-electron chi connectivity index (χ4n) is 2.71. The van der Waals surface area contributed by atoms with E-state index in [9.17, 15) is 14.4 Å². The number of hydrogen-bond donors (Lipinski definition) is 1. The SMILES string of the molecule is CC1(c2ccccc2)NC(=O)N(CC(=O)c2ccc(Cl)c(Cl)c2)C1=O. The maximum absolute atomic E-state index is 12.8. The van der Waals surface area contributed by atoms with Gasteiger partial charge < -0.3 is 5.32 Å². The Bertz CT molecular complexity index is 870. The number of benzene rings is 2. The van der Waals surface area contributed by atoms with Crippen molar-refractivity contribution in [2.75, 3.05) is 6.54 Å². The van der Waals surface area contributed by atoms with Crippen LogP contribution in [0, 0.1) is 0 Å². The first-order valence-electron chi connectivity index (χ1n) is 7.51. The standard InChI is InChI=1S/C18H14Cl2N2O3/c1-18(12-5-3-2-4-6-12)16(24)22(17(25)21-18)10-15(23)11-7-8-13(19)14(20)9-11/h2-9H,10H2,1H3,(H,21,25). The van der Waals surface area contributed by atoms with Crippen molar-refractivity contribution in [3.05, 3.63) is 69.7 Å². The van der Waals surface area contributed by atoms with Crippen LogP contribution in [-0.4, -0.2) is 29.2 Å². The van der Waals surface area contributed by atoms with Gasteiger partial charge in [0.25, 0.3) is 5.91 Å². The highest BCUT2D eigenvalue weighted by Crippen LogP contribution is 2.29. The Morgan fingerprint density at radius 3 is 2.40 bits per heavy atom. The Labute approximate surface area is 154 Å². The van der Waals surface area contributed by atoms with E-state index in [0.29, 0.717) is 10.6 Å². The molecule has 0 radical (unpaired) electrons. The molecule has 1 heterocycles. The zero-order valence-electron chi connectivity index (χ0n) is 13.3. The van der Waals surface area contributed by atoms with Crippen LogP contribution in [0.1, 0.15) is 22.8 Å². The molecule has 0 aromatic heterocycles. The van der Waals surface area contributed by atoms with Gasteiger partial charge >= 0.3 is 6.03 Å². The second-order valence-corrected chi connectivity index (χ2v) is 6.68. The Hall–Kier alpha value is -2.37. The molecule has 2 aromatic carbocycles. The second-order valence-electron chi connectivity index (χ2n) is 5.86. The van der Waals surface area contributed by atoms with Crippen LogP contribution in [-0.2, 0) is 10.3 Å². The first kappa shape index (κ1) is 17.5. The highest BCUT2D eigenvalue weighted by molar-refractivity contribution is 6.42. The monoisotopic (exact) mass is 376 g/mol. The molecule has 0 spiro atoms. The highest BCUT2D eigenvalue weighted by Gasteiger charge is 2.49. The minimum absolute atomic E-state index is 0.235. The zero-order chi connectivity index (χ0) is 18.2. The van der Waals surface area contributed by atoms with Gasteiger partial charge in [-0.1, -0.05) is 53.5 Å².